The summed E-state index contributed by atoms with van der Waals surface area (Å²) in [5, 5.41) is 11.7. The smallest absolute Gasteiger partial charge is 0.157 e. The highest BCUT2D eigenvalue weighted by atomic mass is 32.2. The first-order valence-corrected chi connectivity index (χ1v) is 11.6. The number of anilines is 1. The van der Waals surface area contributed by atoms with E-state index in [0.717, 1.165) is 16.9 Å². The molecule has 2 fully saturated rings. The summed E-state index contributed by atoms with van der Waals surface area (Å²) in [7, 11) is -1.46. The van der Waals surface area contributed by atoms with Gasteiger partial charge in [-0.05, 0) is 31.9 Å². The standard InChI is InChI=1S/C19H24N6O3S/c1-12-11-28-9-8-25(12)15-10-13(19(5-6-19)29(3,26)27)18-17(21-15)16(23-24(18)2)14-4-7-20-22-14/h4,7,10,12H,5-6,8-9,11H2,1-3H3,(H,20,22)/t12-/m1/s1. The van der Waals surface area contributed by atoms with E-state index in [2.05, 4.69) is 27.1 Å². The average Bonchev–Trinajstić information content (AvgIpc) is 3.21. The van der Waals surface area contributed by atoms with Gasteiger partial charge in [0.1, 0.15) is 22.7 Å². The summed E-state index contributed by atoms with van der Waals surface area (Å²) in [6, 6.07) is 3.95. The Morgan fingerprint density at radius 1 is 1.34 bits per heavy atom. The third-order valence-corrected chi connectivity index (χ3v) is 8.13. The third kappa shape index (κ3) is 2.77. The van der Waals surface area contributed by atoms with Gasteiger partial charge in [0.25, 0.3) is 0 Å². The minimum atomic E-state index is -3.29. The number of ether oxygens (including phenoxy) is 1. The normalized spacial score (nSPS) is 21.6. The highest BCUT2D eigenvalue weighted by Gasteiger charge is 2.55. The van der Waals surface area contributed by atoms with Crippen LogP contribution in [0.1, 0.15) is 25.3 Å². The summed E-state index contributed by atoms with van der Waals surface area (Å²) in [5.41, 5.74) is 3.56. The molecule has 3 aromatic heterocycles. The van der Waals surface area contributed by atoms with E-state index in [1.54, 1.807) is 10.9 Å². The summed E-state index contributed by atoms with van der Waals surface area (Å²) in [4.78, 5) is 7.14. The molecule has 1 saturated carbocycles. The molecule has 0 amide bonds. The zero-order valence-electron chi connectivity index (χ0n) is 16.7. The van der Waals surface area contributed by atoms with Gasteiger partial charge in [0.2, 0.25) is 0 Å². The lowest BCUT2D eigenvalue weighted by Crippen LogP contribution is -2.44. The molecule has 4 heterocycles. The van der Waals surface area contributed by atoms with Crippen molar-refractivity contribution in [1.29, 1.82) is 0 Å². The summed E-state index contributed by atoms with van der Waals surface area (Å²) < 4.78 is 32.0. The van der Waals surface area contributed by atoms with E-state index in [1.807, 2.05) is 19.2 Å². The van der Waals surface area contributed by atoms with E-state index in [0.29, 0.717) is 49.5 Å². The first kappa shape index (κ1) is 18.6. The number of H-pyrrole nitrogens is 1. The van der Waals surface area contributed by atoms with Gasteiger partial charge in [-0.2, -0.15) is 10.2 Å². The molecule has 0 aromatic carbocycles. The quantitative estimate of drug-likeness (QED) is 0.689. The minimum Gasteiger partial charge on any atom is -0.377 e. The first-order chi connectivity index (χ1) is 13.8. The molecule has 0 spiro atoms. The Bertz CT molecular complexity index is 1180. The van der Waals surface area contributed by atoms with Crippen LogP contribution in [0.4, 0.5) is 5.82 Å². The number of hydrogen-bond donors (Lipinski definition) is 1. The second-order valence-corrected chi connectivity index (χ2v) is 10.4. The number of morpholine rings is 1. The Balaban J connectivity index is 1.81. The fraction of sp³-hybridized carbons (Fsp3) is 0.526. The van der Waals surface area contributed by atoms with Crippen molar-refractivity contribution >= 4 is 26.7 Å². The highest BCUT2D eigenvalue weighted by molar-refractivity contribution is 7.92. The van der Waals surface area contributed by atoms with Crippen LogP contribution < -0.4 is 4.90 Å². The number of nitrogens with zero attached hydrogens (tertiary/aromatic N) is 5. The zero-order valence-corrected chi connectivity index (χ0v) is 17.5. The van der Waals surface area contributed by atoms with Crippen LogP contribution in [0.25, 0.3) is 22.4 Å². The number of sulfone groups is 1. The predicted molar refractivity (Wildman–Crippen MR) is 109 cm³/mol. The molecule has 0 radical (unpaired) electrons. The molecular formula is C19H24N6O3S. The molecule has 1 N–H and O–H groups in total. The third-order valence-electron chi connectivity index (χ3n) is 6.09. The van der Waals surface area contributed by atoms with Crippen LogP contribution in [0.5, 0.6) is 0 Å². The summed E-state index contributed by atoms with van der Waals surface area (Å²) >= 11 is 0. The summed E-state index contributed by atoms with van der Waals surface area (Å²) in [6.45, 7) is 4.04. The maximum Gasteiger partial charge on any atom is 0.157 e. The number of pyridine rings is 1. The molecule has 154 valence electrons. The molecule has 5 rings (SSSR count). The summed E-state index contributed by atoms with van der Waals surface area (Å²) in [6.07, 6.45) is 4.30. The predicted octanol–water partition coefficient (Wildman–Crippen LogP) is 1.62. The van der Waals surface area contributed by atoms with Crippen molar-refractivity contribution in [1.82, 2.24) is 25.0 Å². The number of rotatable bonds is 4. The fourth-order valence-electron chi connectivity index (χ4n) is 4.34. The van der Waals surface area contributed by atoms with Gasteiger partial charge in [0.15, 0.2) is 9.84 Å². The van der Waals surface area contributed by atoms with Gasteiger partial charge < -0.3 is 9.64 Å². The van der Waals surface area contributed by atoms with E-state index in [1.165, 1.54) is 6.26 Å². The van der Waals surface area contributed by atoms with Crippen LogP contribution in [0.15, 0.2) is 18.3 Å². The molecule has 0 unspecified atom stereocenters. The maximum absolute atomic E-state index is 12.8. The number of hydrogen-bond acceptors (Lipinski definition) is 7. The molecule has 1 atom stereocenters. The Morgan fingerprint density at radius 2 is 2.14 bits per heavy atom. The number of aromatic amines is 1. The van der Waals surface area contributed by atoms with Crippen LogP contribution in [-0.2, 0) is 26.4 Å². The minimum absolute atomic E-state index is 0.153. The van der Waals surface area contributed by atoms with Crippen molar-refractivity contribution in [3.63, 3.8) is 0 Å². The van der Waals surface area contributed by atoms with E-state index < -0.39 is 14.6 Å². The van der Waals surface area contributed by atoms with Crippen molar-refractivity contribution in [2.75, 3.05) is 30.9 Å². The van der Waals surface area contributed by atoms with Crippen molar-refractivity contribution in [2.45, 2.75) is 30.6 Å². The Hall–Kier alpha value is -2.46. The maximum atomic E-state index is 12.8. The first-order valence-electron chi connectivity index (χ1n) is 9.74. The molecule has 29 heavy (non-hydrogen) atoms. The monoisotopic (exact) mass is 416 g/mol. The molecule has 0 bridgehead atoms. The van der Waals surface area contributed by atoms with Gasteiger partial charge in [-0.3, -0.25) is 9.78 Å². The largest absolute Gasteiger partial charge is 0.377 e. The number of aromatic nitrogens is 5. The van der Waals surface area contributed by atoms with Crippen molar-refractivity contribution in [2.24, 2.45) is 7.05 Å². The van der Waals surface area contributed by atoms with Crippen molar-refractivity contribution in [3.8, 4) is 11.4 Å². The van der Waals surface area contributed by atoms with E-state index >= 15 is 0 Å². The van der Waals surface area contributed by atoms with Crippen LogP contribution in [-0.4, -0.2) is 65.4 Å². The second kappa shape index (κ2) is 6.27. The van der Waals surface area contributed by atoms with Gasteiger partial charge in [-0.25, -0.2) is 13.4 Å². The molecule has 9 nitrogen and oxygen atoms in total. The Morgan fingerprint density at radius 3 is 2.76 bits per heavy atom. The fourth-order valence-corrected chi connectivity index (χ4v) is 5.74. The van der Waals surface area contributed by atoms with Gasteiger partial charge in [-0.1, -0.05) is 0 Å². The lowest BCUT2D eigenvalue weighted by molar-refractivity contribution is 0.0985. The topological polar surface area (TPSA) is 106 Å². The van der Waals surface area contributed by atoms with Gasteiger partial charge in [-0.15, -0.1) is 0 Å². The van der Waals surface area contributed by atoms with E-state index in [4.69, 9.17) is 9.72 Å². The van der Waals surface area contributed by atoms with Crippen LogP contribution >= 0.6 is 0 Å². The second-order valence-electron chi connectivity index (χ2n) is 8.04. The average molecular weight is 417 g/mol. The zero-order chi connectivity index (χ0) is 20.4. The highest BCUT2D eigenvalue weighted by Crippen LogP contribution is 2.55. The number of fused-ring (bicyclic) bond motifs is 1. The number of nitrogens with one attached hydrogen (secondary N) is 1. The molecular weight excluding hydrogens is 392 g/mol. The molecule has 1 aliphatic carbocycles. The van der Waals surface area contributed by atoms with Gasteiger partial charge in [0, 0.05) is 31.6 Å². The van der Waals surface area contributed by atoms with E-state index in [-0.39, 0.29) is 6.04 Å². The van der Waals surface area contributed by atoms with Gasteiger partial charge in [0.05, 0.1) is 29.5 Å². The molecule has 10 heteroatoms. The van der Waals surface area contributed by atoms with E-state index in [9.17, 15) is 8.42 Å². The van der Waals surface area contributed by atoms with Crippen LogP contribution in [0.3, 0.4) is 0 Å². The Labute approximate surface area is 169 Å². The molecule has 1 aliphatic heterocycles. The SMILES string of the molecule is C[C@@H]1COCCN1c1cc(C2(S(C)(=O)=O)CC2)c2c(n1)c(-c1cc[nH]n1)nn2C. The summed E-state index contributed by atoms with van der Waals surface area (Å²) in [5.74, 6) is 0.767. The van der Waals surface area contributed by atoms with Crippen LogP contribution in [0.2, 0.25) is 0 Å². The molecule has 1 saturated heterocycles. The van der Waals surface area contributed by atoms with Gasteiger partial charge >= 0.3 is 0 Å². The lowest BCUT2D eigenvalue weighted by atomic mass is 10.1. The molecule has 3 aromatic rings. The van der Waals surface area contributed by atoms with Crippen molar-refractivity contribution in [3.05, 3.63) is 23.9 Å². The lowest BCUT2D eigenvalue weighted by Gasteiger charge is -2.34. The van der Waals surface area contributed by atoms with Crippen LogP contribution in [0, 0.1) is 0 Å². The Kier molecular flexibility index (Phi) is 4.01. The number of aryl methyl sites for hydroxylation is 1. The van der Waals surface area contributed by atoms with Crippen molar-refractivity contribution < 1.29 is 13.2 Å². The molecule has 2 aliphatic rings.